The fourth-order valence-corrected chi connectivity index (χ4v) is 1.81. The van der Waals surface area contributed by atoms with Gasteiger partial charge in [-0.25, -0.2) is 9.59 Å². The second-order valence-electron chi connectivity index (χ2n) is 4.86. The number of rotatable bonds is 7. The Morgan fingerprint density at radius 3 is 1.72 bits per heavy atom. The summed E-state index contributed by atoms with van der Waals surface area (Å²) in [7, 11) is 1.57. The Balaban J connectivity index is 0.000000547. The monoisotopic (exact) mass is 354 g/mol. The lowest BCUT2D eigenvalue weighted by molar-refractivity contribution is -0.147. The molecule has 7 nitrogen and oxygen atoms in total. The third kappa shape index (κ3) is 9.46. The van der Waals surface area contributed by atoms with Crippen molar-refractivity contribution in [2.45, 2.75) is 33.8 Å². The van der Waals surface area contributed by atoms with E-state index in [1.165, 1.54) is 6.92 Å². The van der Waals surface area contributed by atoms with Crippen LogP contribution >= 0.6 is 0 Å². The standard InChI is InChI=1S/C12H14O4.C6H12O3/c1-3-15-11(13)9-7-5-6-8-10(9)12(14)16-4-2;1-5(4-8-3)9-6(2)7/h5-8H,3-4H2,1-2H3;5H,4H2,1-3H3. The second-order valence-corrected chi connectivity index (χ2v) is 4.86. The van der Waals surface area contributed by atoms with Gasteiger partial charge in [0.05, 0.1) is 30.9 Å². The van der Waals surface area contributed by atoms with Crippen LogP contribution in [-0.2, 0) is 23.7 Å². The molecule has 1 atom stereocenters. The van der Waals surface area contributed by atoms with Crippen LogP contribution in [0.3, 0.4) is 0 Å². The minimum absolute atomic E-state index is 0.132. The molecule has 0 N–H and O–H groups in total. The van der Waals surface area contributed by atoms with E-state index in [2.05, 4.69) is 0 Å². The van der Waals surface area contributed by atoms with Crippen LogP contribution in [0.2, 0.25) is 0 Å². The molecule has 0 heterocycles. The smallest absolute Gasteiger partial charge is 0.338 e. The van der Waals surface area contributed by atoms with Crippen LogP contribution in [0.1, 0.15) is 48.4 Å². The van der Waals surface area contributed by atoms with Gasteiger partial charge in [0.25, 0.3) is 0 Å². The maximum Gasteiger partial charge on any atom is 0.338 e. The predicted octanol–water partition coefficient (Wildman–Crippen LogP) is 2.62. The number of ether oxygens (including phenoxy) is 4. The van der Waals surface area contributed by atoms with Gasteiger partial charge in [-0.15, -0.1) is 0 Å². The van der Waals surface area contributed by atoms with Crippen LogP contribution in [0.25, 0.3) is 0 Å². The highest BCUT2D eigenvalue weighted by atomic mass is 16.6. The van der Waals surface area contributed by atoms with E-state index in [1.54, 1.807) is 52.1 Å². The molecular weight excluding hydrogens is 328 g/mol. The summed E-state index contributed by atoms with van der Waals surface area (Å²) in [5.41, 5.74) is 0.477. The molecule has 0 aliphatic rings. The molecule has 1 aromatic carbocycles. The molecule has 0 bridgehead atoms. The van der Waals surface area contributed by atoms with Gasteiger partial charge in [-0.1, -0.05) is 12.1 Å². The Hall–Kier alpha value is -2.41. The quantitative estimate of drug-likeness (QED) is 0.549. The Morgan fingerprint density at radius 1 is 0.960 bits per heavy atom. The number of esters is 3. The molecule has 1 rings (SSSR count). The van der Waals surface area contributed by atoms with E-state index in [9.17, 15) is 14.4 Å². The number of methoxy groups -OCH3 is 1. The zero-order chi connectivity index (χ0) is 19.2. The van der Waals surface area contributed by atoms with Crippen molar-refractivity contribution in [3.05, 3.63) is 35.4 Å². The molecule has 0 aliphatic carbocycles. The SMILES string of the molecule is CCOC(=O)c1ccccc1C(=O)OCC.COCC(C)OC(C)=O. The molecule has 0 amide bonds. The fraction of sp³-hybridized carbons (Fsp3) is 0.500. The lowest BCUT2D eigenvalue weighted by atomic mass is 10.1. The van der Waals surface area contributed by atoms with Crippen LogP contribution in [0, 0.1) is 0 Å². The molecule has 0 saturated carbocycles. The summed E-state index contributed by atoms with van der Waals surface area (Å²) in [5, 5.41) is 0. The Morgan fingerprint density at radius 2 is 1.40 bits per heavy atom. The Bertz CT molecular complexity index is 517. The van der Waals surface area contributed by atoms with Gasteiger partial charge >= 0.3 is 17.9 Å². The maximum absolute atomic E-state index is 11.5. The lowest BCUT2D eigenvalue weighted by Crippen LogP contribution is -2.17. The first-order valence-corrected chi connectivity index (χ1v) is 7.96. The minimum atomic E-state index is -0.508. The van der Waals surface area contributed by atoms with Crippen molar-refractivity contribution in [1.82, 2.24) is 0 Å². The molecule has 140 valence electrons. The van der Waals surface area contributed by atoms with E-state index in [4.69, 9.17) is 18.9 Å². The van der Waals surface area contributed by atoms with Gasteiger partial charge in [-0.05, 0) is 32.9 Å². The van der Waals surface area contributed by atoms with Gasteiger partial charge in [-0.3, -0.25) is 4.79 Å². The first-order chi connectivity index (χ1) is 11.9. The zero-order valence-corrected chi connectivity index (χ0v) is 15.4. The molecule has 0 fully saturated rings. The summed E-state index contributed by atoms with van der Waals surface area (Å²) >= 11 is 0. The molecule has 0 aromatic heterocycles. The second kappa shape index (κ2) is 12.9. The van der Waals surface area contributed by atoms with Crippen molar-refractivity contribution in [1.29, 1.82) is 0 Å². The molecule has 1 aromatic rings. The van der Waals surface area contributed by atoms with E-state index in [1.807, 2.05) is 0 Å². The van der Waals surface area contributed by atoms with E-state index >= 15 is 0 Å². The number of hydrogen-bond donors (Lipinski definition) is 0. The summed E-state index contributed by atoms with van der Waals surface area (Å²) in [6.45, 7) is 7.60. The fourth-order valence-electron chi connectivity index (χ4n) is 1.81. The minimum Gasteiger partial charge on any atom is -0.462 e. The van der Waals surface area contributed by atoms with Crippen LogP contribution in [-0.4, -0.2) is 50.9 Å². The van der Waals surface area contributed by atoms with Crippen molar-refractivity contribution in [2.75, 3.05) is 26.9 Å². The molecular formula is C18H26O7. The van der Waals surface area contributed by atoms with Crippen LogP contribution < -0.4 is 0 Å². The summed E-state index contributed by atoms with van der Waals surface area (Å²) in [6.07, 6.45) is -0.132. The topological polar surface area (TPSA) is 88.1 Å². The summed E-state index contributed by atoms with van der Waals surface area (Å²) in [6, 6.07) is 6.44. The van der Waals surface area contributed by atoms with Crippen molar-refractivity contribution in [3.8, 4) is 0 Å². The van der Waals surface area contributed by atoms with Crippen molar-refractivity contribution >= 4 is 17.9 Å². The van der Waals surface area contributed by atoms with Gasteiger partial charge in [0.1, 0.15) is 6.10 Å². The predicted molar refractivity (Wildman–Crippen MR) is 91.5 cm³/mol. The molecule has 0 radical (unpaired) electrons. The van der Waals surface area contributed by atoms with Gasteiger partial charge in [-0.2, -0.15) is 0 Å². The van der Waals surface area contributed by atoms with E-state index in [0.29, 0.717) is 6.61 Å². The van der Waals surface area contributed by atoms with E-state index in [-0.39, 0.29) is 36.4 Å². The average Bonchev–Trinajstić information content (AvgIpc) is 2.55. The number of hydrogen-bond acceptors (Lipinski definition) is 7. The molecule has 7 heteroatoms. The normalized spacial score (nSPS) is 10.8. The van der Waals surface area contributed by atoms with Crippen LogP contribution in [0.15, 0.2) is 24.3 Å². The van der Waals surface area contributed by atoms with Gasteiger partial charge < -0.3 is 18.9 Å². The van der Waals surface area contributed by atoms with Crippen LogP contribution in [0.4, 0.5) is 0 Å². The number of carbonyl (C=O) groups excluding carboxylic acids is 3. The van der Waals surface area contributed by atoms with Crippen LogP contribution in [0.5, 0.6) is 0 Å². The van der Waals surface area contributed by atoms with Crippen molar-refractivity contribution < 1.29 is 33.3 Å². The first kappa shape index (κ1) is 22.6. The molecule has 0 saturated heterocycles. The maximum atomic E-state index is 11.5. The van der Waals surface area contributed by atoms with Crippen molar-refractivity contribution in [2.24, 2.45) is 0 Å². The third-order valence-corrected chi connectivity index (χ3v) is 2.69. The van der Waals surface area contributed by atoms with Crippen molar-refractivity contribution in [3.63, 3.8) is 0 Å². The number of carbonyl (C=O) groups is 3. The third-order valence-electron chi connectivity index (χ3n) is 2.69. The van der Waals surface area contributed by atoms with E-state index in [0.717, 1.165) is 0 Å². The Labute approximate surface area is 148 Å². The highest BCUT2D eigenvalue weighted by Crippen LogP contribution is 2.11. The molecule has 1 unspecified atom stereocenters. The summed E-state index contributed by atoms with van der Waals surface area (Å²) in [5.74, 6) is -1.28. The average molecular weight is 354 g/mol. The first-order valence-electron chi connectivity index (χ1n) is 7.96. The van der Waals surface area contributed by atoms with Gasteiger partial charge in [0.2, 0.25) is 0 Å². The van der Waals surface area contributed by atoms with Gasteiger partial charge in [0.15, 0.2) is 0 Å². The Kier molecular flexibility index (Phi) is 11.7. The summed E-state index contributed by atoms with van der Waals surface area (Å²) in [4.78, 5) is 33.3. The highest BCUT2D eigenvalue weighted by Gasteiger charge is 2.17. The molecule has 0 spiro atoms. The van der Waals surface area contributed by atoms with E-state index < -0.39 is 11.9 Å². The largest absolute Gasteiger partial charge is 0.462 e. The van der Waals surface area contributed by atoms with Gasteiger partial charge in [0, 0.05) is 14.0 Å². The molecule has 0 aliphatic heterocycles. The number of benzene rings is 1. The highest BCUT2D eigenvalue weighted by molar-refractivity contribution is 6.03. The summed E-state index contributed by atoms with van der Waals surface area (Å²) < 4.78 is 19.2. The lowest BCUT2D eigenvalue weighted by Gasteiger charge is -2.08. The molecule has 25 heavy (non-hydrogen) atoms. The zero-order valence-electron chi connectivity index (χ0n) is 15.4.